The fourth-order valence-electron chi connectivity index (χ4n) is 2.24. The maximum atomic E-state index is 12.1. The van der Waals surface area contributed by atoms with Gasteiger partial charge in [-0.05, 0) is 36.8 Å². The number of rotatable bonds is 8. The lowest BCUT2D eigenvalue weighted by atomic mass is 10.1. The number of hydrogen-bond donors (Lipinski definition) is 3. The third-order valence-corrected chi connectivity index (χ3v) is 3.74. The van der Waals surface area contributed by atoms with E-state index >= 15 is 0 Å². The number of amides is 2. The first-order chi connectivity index (χ1) is 12.8. The Bertz CT molecular complexity index is 818. The van der Waals surface area contributed by atoms with Crippen LogP contribution in [0, 0.1) is 10.1 Å². The first kappa shape index (κ1) is 19.9. The molecule has 0 aromatic heterocycles. The van der Waals surface area contributed by atoms with Crippen molar-refractivity contribution in [3.8, 4) is 5.75 Å². The third-order valence-electron chi connectivity index (χ3n) is 3.74. The zero-order valence-electron chi connectivity index (χ0n) is 14.5. The van der Waals surface area contributed by atoms with Gasteiger partial charge in [0, 0.05) is 17.7 Å². The van der Waals surface area contributed by atoms with Crippen LogP contribution >= 0.6 is 0 Å². The Kier molecular flexibility index (Phi) is 6.45. The number of nitrogens with zero attached hydrogens (tertiary/aromatic N) is 1. The van der Waals surface area contributed by atoms with Gasteiger partial charge in [-0.15, -0.1) is 0 Å². The average molecular weight is 373 g/mol. The van der Waals surface area contributed by atoms with Crippen LogP contribution in [0.1, 0.15) is 22.8 Å². The van der Waals surface area contributed by atoms with Crippen LogP contribution in [0.2, 0.25) is 0 Å². The van der Waals surface area contributed by atoms with E-state index in [2.05, 4.69) is 5.32 Å². The number of carbonyl (C=O) groups is 2. The molecule has 9 heteroatoms. The number of aliphatic hydroxyl groups excluding tert-OH is 1. The van der Waals surface area contributed by atoms with Crippen LogP contribution in [0.25, 0.3) is 0 Å². The summed E-state index contributed by atoms with van der Waals surface area (Å²) >= 11 is 0. The van der Waals surface area contributed by atoms with E-state index in [4.69, 9.17) is 10.5 Å². The highest BCUT2D eigenvalue weighted by Crippen LogP contribution is 2.18. The summed E-state index contributed by atoms with van der Waals surface area (Å²) in [6.07, 6.45) is -1.11. The Morgan fingerprint density at radius 1 is 1.19 bits per heavy atom. The minimum atomic E-state index is -1.18. The monoisotopic (exact) mass is 373 g/mol. The van der Waals surface area contributed by atoms with Crippen molar-refractivity contribution in [2.45, 2.75) is 25.7 Å². The molecular formula is C18H19N3O6. The van der Waals surface area contributed by atoms with Crippen LogP contribution < -0.4 is 15.8 Å². The van der Waals surface area contributed by atoms with Crippen LogP contribution in [0.5, 0.6) is 5.75 Å². The lowest BCUT2D eigenvalue weighted by molar-refractivity contribution is -0.384. The molecule has 2 atom stereocenters. The summed E-state index contributed by atoms with van der Waals surface area (Å²) in [5, 5.41) is 22.5. The first-order valence-electron chi connectivity index (χ1n) is 8.02. The molecule has 0 aliphatic heterocycles. The summed E-state index contributed by atoms with van der Waals surface area (Å²) in [6, 6.07) is 10.9. The Hall–Kier alpha value is -3.46. The number of hydrogen-bond acceptors (Lipinski definition) is 6. The van der Waals surface area contributed by atoms with Crippen molar-refractivity contribution >= 4 is 17.5 Å². The molecule has 2 amide bonds. The van der Waals surface area contributed by atoms with Gasteiger partial charge in [0.2, 0.25) is 5.91 Å². The molecule has 0 saturated carbocycles. The number of ether oxygens (including phenoxy) is 1. The predicted molar refractivity (Wildman–Crippen MR) is 96.0 cm³/mol. The van der Waals surface area contributed by atoms with E-state index in [0.717, 1.165) is 5.56 Å². The molecule has 142 valence electrons. The number of nitrogens with one attached hydrogen (secondary N) is 1. The molecule has 2 unspecified atom stereocenters. The summed E-state index contributed by atoms with van der Waals surface area (Å²) < 4.78 is 5.54. The molecule has 9 nitrogen and oxygen atoms in total. The number of aliphatic hydroxyl groups is 1. The molecule has 0 fully saturated rings. The minimum Gasteiger partial charge on any atom is -0.489 e. The lowest BCUT2D eigenvalue weighted by Gasteiger charge is -2.18. The van der Waals surface area contributed by atoms with Gasteiger partial charge in [0.1, 0.15) is 18.4 Å². The van der Waals surface area contributed by atoms with Gasteiger partial charge in [-0.3, -0.25) is 19.7 Å². The zero-order valence-corrected chi connectivity index (χ0v) is 14.5. The number of benzene rings is 2. The van der Waals surface area contributed by atoms with Crippen LogP contribution in [-0.4, -0.2) is 34.0 Å². The van der Waals surface area contributed by atoms with E-state index in [-0.39, 0.29) is 12.3 Å². The van der Waals surface area contributed by atoms with E-state index in [1.807, 2.05) is 0 Å². The first-order valence-corrected chi connectivity index (χ1v) is 8.02. The fourth-order valence-corrected chi connectivity index (χ4v) is 2.24. The third kappa shape index (κ3) is 5.51. The maximum Gasteiger partial charge on any atom is 0.269 e. The summed E-state index contributed by atoms with van der Waals surface area (Å²) in [7, 11) is 0. The number of carbonyl (C=O) groups excluding carboxylic acids is 2. The second-order valence-corrected chi connectivity index (χ2v) is 5.83. The quantitative estimate of drug-likeness (QED) is 0.467. The lowest BCUT2D eigenvalue weighted by Crippen LogP contribution is -2.50. The number of nitro groups is 1. The van der Waals surface area contributed by atoms with Crippen LogP contribution in [0.15, 0.2) is 48.5 Å². The largest absolute Gasteiger partial charge is 0.489 e. The SMILES string of the molecule is CC(O)C(NC(=O)c1ccc(COc2ccc([N+](=O)[O-])cc2)cc1)C(N)=O. The molecule has 0 saturated heterocycles. The van der Waals surface area contributed by atoms with Gasteiger partial charge in [0.25, 0.3) is 11.6 Å². The average Bonchev–Trinajstić information content (AvgIpc) is 2.64. The molecule has 0 bridgehead atoms. The van der Waals surface area contributed by atoms with Crippen molar-refractivity contribution in [3.05, 3.63) is 69.8 Å². The van der Waals surface area contributed by atoms with Gasteiger partial charge in [0.15, 0.2) is 0 Å². The predicted octanol–water partition coefficient (Wildman–Crippen LogP) is 1.14. The van der Waals surface area contributed by atoms with Gasteiger partial charge in [-0.1, -0.05) is 12.1 Å². The second kappa shape index (κ2) is 8.77. The number of nitrogens with two attached hydrogens (primary N) is 1. The summed E-state index contributed by atoms with van der Waals surface area (Å²) in [5.41, 5.74) is 6.18. The van der Waals surface area contributed by atoms with Gasteiger partial charge < -0.3 is 20.9 Å². The maximum absolute atomic E-state index is 12.1. The minimum absolute atomic E-state index is 0.0239. The highest BCUT2D eigenvalue weighted by Gasteiger charge is 2.23. The van der Waals surface area contributed by atoms with Gasteiger partial charge in [-0.25, -0.2) is 0 Å². The van der Waals surface area contributed by atoms with Gasteiger partial charge in [0.05, 0.1) is 11.0 Å². The molecule has 0 radical (unpaired) electrons. The Morgan fingerprint density at radius 2 is 1.78 bits per heavy atom. The van der Waals surface area contributed by atoms with Gasteiger partial charge in [-0.2, -0.15) is 0 Å². The molecule has 0 spiro atoms. The molecule has 0 aliphatic rings. The summed E-state index contributed by atoms with van der Waals surface area (Å²) in [6.45, 7) is 1.56. The number of primary amides is 1. The molecule has 2 aromatic carbocycles. The smallest absolute Gasteiger partial charge is 0.269 e. The molecule has 2 aromatic rings. The van der Waals surface area contributed by atoms with Gasteiger partial charge >= 0.3 is 0 Å². The highest BCUT2D eigenvalue weighted by molar-refractivity contribution is 5.97. The molecular weight excluding hydrogens is 354 g/mol. The fraction of sp³-hybridized carbons (Fsp3) is 0.222. The molecule has 2 rings (SSSR count). The van der Waals surface area contributed by atoms with E-state index in [1.165, 1.54) is 31.2 Å². The van der Waals surface area contributed by atoms with Crippen molar-refractivity contribution in [1.82, 2.24) is 5.32 Å². The van der Waals surface area contributed by atoms with Crippen molar-refractivity contribution < 1.29 is 24.4 Å². The van der Waals surface area contributed by atoms with Crippen molar-refractivity contribution in [2.75, 3.05) is 0 Å². The van der Waals surface area contributed by atoms with E-state index in [9.17, 15) is 24.8 Å². The Balaban J connectivity index is 1.95. The molecule has 0 aliphatic carbocycles. The van der Waals surface area contributed by atoms with E-state index < -0.39 is 28.9 Å². The second-order valence-electron chi connectivity index (χ2n) is 5.83. The van der Waals surface area contributed by atoms with Crippen LogP contribution in [0.3, 0.4) is 0 Å². The number of nitro benzene ring substituents is 1. The van der Waals surface area contributed by atoms with Crippen LogP contribution in [0.4, 0.5) is 5.69 Å². The topological polar surface area (TPSA) is 145 Å². The highest BCUT2D eigenvalue weighted by atomic mass is 16.6. The van der Waals surface area contributed by atoms with Crippen molar-refractivity contribution in [3.63, 3.8) is 0 Å². The van der Waals surface area contributed by atoms with Crippen molar-refractivity contribution in [2.24, 2.45) is 5.73 Å². The van der Waals surface area contributed by atoms with Crippen LogP contribution in [-0.2, 0) is 11.4 Å². The Labute approximate surface area is 154 Å². The molecule has 0 heterocycles. The van der Waals surface area contributed by atoms with E-state index in [0.29, 0.717) is 11.3 Å². The molecule has 27 heavy (non-hydrogen) atoms. The standard InChI is InChI=1S/C18H19N3O6/c1-11(22)16(17(19)23)20-18(24)13-4-2-12(3-5-13)10-27-15-8-6-14(7-9-15)21(25)26/h2-9,11,16,22H,10H2,1H3,(H2,19,23)(H,20,24). The number of non-ortho nitro benzene ring substituents is 1. The normalized spacial score (nSPS) is 12.7. The summed E-state index contributed by atoms with van der Waals surface area (Å²) in [4.78, 5) is 33.5. The van der Waals surface area contributed by atoms with Crippen molar-refractivity contribution in [1.29, 1.82) is 0 Å². The zero-order chi connectivity index (χ0) is 20.0. The Morgan fingerprint density at radius 3 is 2.26 bits per heavy atom. The summed E-state index contributed by atoms with van der Waals surface area (Å²) in [5.74, 6) is -0.891. The van der Waals surface area contributed by atoms with E-state index in [1.54, 1.807) is 24.3 Å². The molecule has 4 N–H and O–H groups in total.